The summed E-state index contributed by atoms with van der Waals surface area (Å²) in [4.78, 5) is 21.4. The quantitative estimate of drug-likeness (QED) is 0.224. The molecule has 0 heterocycles. The van der Waals surface area contributed by atoms with Gasteiger partial charge in [-0.1, -0.05) is 19.8 Å². The number of carbonyl (C=O) groups is 2. The lowest BCUT2D eigenvalue weighted by Gasteiger charge is -2.23. The van der Waals surface area contributed by atoms with Crippen molar-refractivity contribution in [2.75, 3.05) is 6.61 Å². The lowest BCUT2D eigenvalue weighted by atomic mass is 10.0. The van der Waals surface area contributed by atoms with Gasteiger partial charge in [-0.3, -0.25) is 4.79 Å². The van der Waals surface area contributed by atoms with Crippen molar-refractivity contribution in [3.8, 4) is 0 Å². The van der Waals surface area contributed by atoms with Gasteiger partial charge in [0.1, 0.15) is 31.0 Å². The summed E-state index contributed by atoms with van der Waals surface area (Å²) in [5.41, 5.74) is 0. The van der Waals surface area contributed by atoms with Gasteiger partial charge in [-0.25, -0.2) is 0 Å². The van der Waals surface area contributed by atoms with Crippen molar-refractivity contribution in [3.63, 3.8) is 0 Å². The molecule has 0 saturated heterocycles. The Balaban J connectivity index is 3.99. The van der Waals surface area contributed by atoms with E-state index in [9.17, 15) is 24.9 Å². The van der Waals surface area contributed by atoms with E-state index >= 15 is 0 Å². The molecular formula is C12H22O7. The Kier molecular flexibility index (Phi) is 9.32. The van der Waals surface area contributed by atoms with Crippen LogP contribution >= 0.6 is 0 Å². The van der Waals surface area contributed by atoms with E-state index < -0.39 is 37.0 Å². The van der Waals surface area contributed by atoms with E-state index in [2.05, 4.69) is 0 Å². The monoisotopic (exact) mass is 278 g/mol. The third kappa shape index (κ3) is 7.22. The van der Waals surface area contributed by atoms with Gasteiger partial charge in [0.2, 0.25) is 0 Å². The highest BCUT2D eigenvalue weighted by Gasteiger charge is 2.30. The van der Waals surface area contributed by atoms with Crippen LogP contribution in [0.3, 0.4) is 0 Å². The van der Waals surface area contributed by atoms with Crippen molar-refractivity contribution >= 4 is 12.3 Å². The number of aliphatic hydroxyl groups is 4. The number of carbonyl (C=O) groups excluding carboxylic acids is 2. The largest absolute Gasteiger partial charge is 0.463 e. The molecule has 0 aromatic heterocycles. The van der Waals surface area contributed by atoms with Gasteiger partial charge in [0.25, 0.3) is 0 Å². The summed E-state index contributed by atoms with van der Waals surface area (Å²) in [6.45, 7) is 1.49. The molecule has 4 atom stereocenters. The molecule has 0 spiro atoms. The highest BCUT2D eigenvalue weighted by molar-refractivity contribution is 5.69. The Labute approximate surface area is 111 Å². The van der Waals surface area contributed by atoms with Crippen molar-refractivity contribution in [3.05, 3.63) is 0 Å². The molecule has 4 N–H and O–H groups in total. The zero-order valence-corrected chi connectivity index (χ0v) is 10.9. The molecule has 112 valence electrons. The summed E-state index contributed by atoms with van der Waals surface area (Å²) < 4.78 is 4.71. The van der Waals surface area contributed by atoms with Crippen molar-refractivity contribution in [2.45, 2.75) is 57.0 Å². The fraction of sp³-hybridized carbons (Fsp3) is 0.833. The van der Waals surface area contributed by atoms with Crippen LogP contribution in [0.25, 0.3) is 0 Å². The van der Waals surface area contributed by atoms with E-state index in [1.165, 1.54) is 0 Å². The van der Waals surface area contributed by atoms with Crippen molar-refractivity contribution in [1.82, 2.24) is 0 Å². The third-order valence-electron chi connectivity index (χ3n) is 2.63. The second-order valence-electron chi connectivity index (χ2n) is 4.32. The number of ether oxygens (including phenoxy) is 1. The van der Waals surface area contributed by atoms with E-state index in [0.29, 0.717) is 6.42 Å². The molecule has 0 fully saturated rings. The minimum Gasteiger partial charge on any atom is -0.463 e. The third-order valence-corrected chi connectivity index (χ3v) is 2.63. The lowest BCUT2D eigenvalue weighted by Crippen LogP contribution is -2.46. The molecule has 0 aliphatic carbocycles. The second-order valence-corrected chi connectivity index (χ2v) is 4.32. The van der Waals surface area contributed by atoms with Crippen LogP contribution in [0.1, 0.15) is 32.6 Å². The number of hydrogen-bond donors (Lipinski definition) is 4. The average Bonchev–Trinajstić information content (AvgIpc) is 2.42. The number of aldehydes is 1. The van der Waals surface area contributed by atoms with Gasteiger partial charge < -0.3 is 30.0 Å². The van der Waals surface area contributed by atoms with Gasteiger partial charge in [-0.15, -0.1) is 0 Å². The number of rotatable bonds is 10. The van der Waals surface area contributed by atoms with Gasteiger partial charge in [0.15, 0.2) is 6.29 Å². The molecule has 0 rings (SSSR count). The summed E-state index contributed by atoms with van der Waals surface area (Å²) in [5, 5.41) is 37.1. The topological polar surface area (TPSA) is 124 Å². The summed E-state index contributed by atoms with van der Waals surface area (Å²) >= 11 is 0. The molecule has 0 unspecified atom stereocenters. The Morgan fingerprint density at radius 3 is 2.32 bits per heavy atom. The van der Waals surface area contributed by atoms with Gasteiger partial charge in [0.05, 0.1) is 0 Å². The zero-order chi connectivity index (χ0) is 14.8. The first-order valence-corrected chi connectivity index (χ1v) is 6.27. The SMILES string of the molecule is CCCCCC(=O)OC[C@H](O)[C@H](O)[C@@H](O)[C@@H](O)C=O. The van der Waals surface area contributed by atoms with E-state index in [4.69, 9.17) is 9.84 Å². The predicted molar refractivity (Wildman–Crippen MR) is 65.2 cm³/mol. The molecule has 0 aliphatic rings. The smallest absolute Gasteiger partial charge is 0.305 e. The molecule has 0 aromatic carbocycles. The van der Waals surface area contributed by atoms with Crippen LogP contribution in [0, 0.1) is 0 Å². The summed E-state index contributed by atoms with van der Waals surface area (Å²) in [6, 6.07) is 0. The normalized spacial score (nSPS) is 17.3. The number of esters is 1. The molecule has 0 bridgehead atoms. The van der Waals surface area contributed by atoms with Gasteiger partial charge >= 0.3 is 5.97 Å². The maximum absolute atomic E-state index is 11.2. The maximum Gasteiger partial charge on any atom is 0.305 e. The lowest BCUT2D eigenvalue weighted by molar-refractivity contribution is -0.156. The Morgan fingerprint density at radius 1 is 1.16 bits per heavy atom. The molecule has 0 aliphatic heterocycles. The number of unbranched alkanes of at least 4 members (excludes halogenated alkanes) is 2. The first kappa shape index (κ1) is 18.0. The fourth-order valence-electron chi connectivity index (χ4n) is 1.38. The van der Waals surface area contributed by atoms with Crippen LogP contribution in [-0.2, 0) is 14.3 Å². The maximum atomic E-state index is 11.2. The van der Waals surface area contributed by atoms with Crippen molar-refractivity contribution in [2.24, 2.45) is 0 Å². The Hall–Kier alpha value is -1.02. The first-order chi connectivity index (χ1) is 8.93. The fourth-order valence-corrected chi connectivity index (χ4v) is 1.38. The van der Waals surface area contributed by atoms with Crippen LogP contribution in [-0.4, -0.2) is 63.7 Å². The molecular weight excluding hydrogens is 256 g/mol. The van der Waals surface area contributed by atoms with Gasteiger partial charge in [-0.2, -0.15) is 0 Å². The van der Waals surface area contributed by atoms with Crippen molar-refractivity contribution in [1.29, 1.82) is 0 Å². The second kappa shape index (κ2) is 9.85. The molecule has 19 heavy (non-hydrogen) atoms. The van der Waals surface area contributed by atoms with E-state index in [0.717, 1.165) is 12.8 Å². The van der Waals surface area contributed by atoms with Crippen LogP contribution in [0.4, 0.5) is 0 Å². The average molecular weight is 278 g/mol. The Bertz CT molecular complexity index is 269. The molecule has 7 nitrogen and oxygen atoms in total. The molecule has 0 amide bonds. The first-order valence-electron chi connectivity index (χ1n) is 6.27. The van der Waals surface area contributed by atoms with E-state index in [1.807, 2.05) is 6.92 Å². The number of aliphatic hydroxyl groups excluding tert-OH is 4. The summed E-state index contributed by atoms with van der Waals surface area (Å²) in [7, 11) is 0. The van der Waals surface area contributed by atoms with Crippen molar-refractivity contribution < 1.29 is 34.8 Å². The minimum atomic E-state index is -1.83. The summed E-state index contributed by atoms with van der Waals surface area (Å²) in [6.07, 6.45) is -4.18. The molecule has 7 heteroatoms. The molecule has 0 radical (unpaired) electrons. The van der Waals surface area contributed by atoms with E-state index in [-0.39, 0.29) is 12.7 Å². The highest BCUT2D eigenvalue weighted by atomic mass is 16.5. The van der Waals surface area contributed by atoms with E-state index in [1.54, 1.807) is 0 Å². The van der Waals surface area contributed by atoms with Gasteiger partial charge in [-0.05, 0) is 6.42 Å². The van der Waals surface area contributed by atoms with Crippen LogP contribution in [0.15, 0.2) is 0 Å². The minimum absolute atomic E-state index is 0.0391. The molecule has 0 aromatic rings. The highest BCUT2D eigenvalue weighted by Crippen LogP contribution is 2.06. The summed E-state index contributed by atoms with van der Waals surface area (Å²) in [5.74, 6) is -0.509. The van der Waals surface area contributed by atoms with Crippen LogP contribution in [0.5, 0.6) is 0 Å². The standard InChI is InChI=1S/C12H22O7/c1-2-3-4-5-10(16)19-7-9(15)12(18)11(17)8(14)6-13/h6,8-9,11-12,14-15,17-18H,2-5,7H2,1H3/t8-,9-,11-,12-/m0/s1. The molecule has 0 saturated carbocycles. The van der Waals surface area contributed by atoms with Crippen LogP contribution < -0.4 is 0 Å². The van der Waals surface area contributed by atoms with Crippen LogP contribution in [0.2, 0.25) is 0 Å². The zero-order valence-electron chi connectivity index (χ0n) is 10.9. The van der Waals surface area contributed by atoms with Gasteiger partial charge in [0, 0.05) is 6.42 Å². The number of hydrogen-bond acceptors (Lipinski definition) is 7. The Morgan fingerprint density at radius 2 is 1.79 bits per heavy atom. The predicted octanol–water partition coefficient (Wildman–Crippen LogP) is -1.25.